The summed E-state index contributed by atoms with van der Waals surface area (Å²) in [7, 11) is 1.35. The molecule has 1 aromatic carbocycles. The average molecular weight is 256 g/mol. The van der Waals surface area contributed by atoms with Crippen LogP contribution in [0.15, 0.2) is 18.2 Å². The first-order valence-electron chi connectivity index (χ1n) is 5.13. The molecule has 5 heteroatoms. The minimum Gasteiger partial charge on any atom is -0.469 e. The zero-order valence-corrected chi connectivity index (χ0v) is 9.97. The van der Waals surface area contributed by atoms with Crippen LogP contribution in [0.4, 0.5) is 4.39 Å². The number of hydrogen-bond donors (Lipinski definition) is 1. The summed E-state index contributed by atoms with van der Waals surface area (Å²) < 4.78 is 17.8. The largest absolute Gasteiger partial charge is 0.469 e. The number of fused-ring (bicyclic) bond motifs is 1. The Kier molecular flexibility index (Phi) is 3.33. The van der Waals surface area contributed by atoms with Crippen LogP contribution in [0.5, 0.6) is 0 Å². The normalized spacial score (nSPS) is 10.8. The minimum atomic E-state index is -0.447. The van der Waals surface area contributed by atoms with Gasteiger partial charge in [0, 0.05) is 16.6 Å². The predicted molar refractivity (Wildman–Crippen MR) is 63.6 cm³/mol. The highest BCUT2D eigenvalue weighted by molar-refractivity contribution is 6.31. The third-order valence-corrected chi connectivity index (χ3v) is 2.83. The second-order valence-corrected chi connectivity index (χ2v) is 4.13. The van der Waals surface area contributed by atoms with Crippen LogP contribution >= 0.6 is 11.6 Å². The molecular weight excluding hydrogens is 245 g/mol. The lowest BCUT2D eigenvalue weighted by Gasteiger charge is -1.96. The lowest BCUT2D eigenvalue weighted by atomic mass is 10.2. The van der Waals surface area contributed by atoms with Crippen LogP contribution < -0.4 is 0 Å². The lowest BCUT2D eigenvalue weighted by Crippen LogP contribution is -2.01. The molecule has 0 aliphatic carbocycles. The van der Waals surface area contributed by atoms with Gasteiger partial charge in [0.15, 0.2) is 0 Å². The van der Waals surface area contributed by atoms with Gasteiger partial charge in [-0.1, -0.05) is 11.6 Å². The second-order valence-electron chi connectivity index (χ2n) is 3.72. The molecule has 1 N–H and O–H groups in total. The number of rotatable bonds is 3. The van der Waals surface area contributed by atoms with Crippen molar-refractivity contribution in [3.8, 4) is 0 Å². The number of nitrogens with one attached hydrogen (secondary N) is 1. The topological polar surface area (TPSA) is 42.1 Å². The summed E-state index contributed by atoms with van der Waals surface area (Å²) >= 11 is 5.68. The summed E-state index contributed by atoms with van der Waals surface area (Å²) in [5, 5.41) is 0.825. The SMILES string of the molecule is COC(=O)CCc1cc2cc(F)c(Cl)cc2[nH]1. The lowest BCUT2D eigenvalue weighted by molar-refractivity contribution is -0.140. The highest BCUT2D eigenvalue weighted by Gasteiger charge is 2.07. The Balaban J connectivity index is 2.23. The Hall–Kier alpha value is -1.55. The fraction of sp³-hybridized carbons (Fsp3) is 0.250. The maximum Gasteiger partial charge on any atom is 0.305 e. The number of methoxy groups -OCH3 is 1. The number of H-pyrrole nitrogens is 1. The van der Waals surface area contributed by atoms with E-state index in [1.54, 1.807) is 6.07 Å². The monoisotopic (exact) mass is 255 g/mol. The Bertz CT molecular complexity index is 526. The molecule has 0 bridgehead atoms. The molecule has 0 saturated heterocycles. The number of carbonyl (C=O) groups is 1. The summed E-state index contributed by atoms with van der Waals surface area (Å²) in [6.07, 6.45) is 0.820. The van der Waals surface area contributed by atoms with Crippen molar-refractivity contribution < 1.29 is 13.9 Å². The number of carbonyl (C=O) groups excluding carboxylic acids is 1. The number of aromatic nitrogens is 1. The molecule has 2 aromatic rings. The number of aromatic amines is 1. The Morgan fingerprint density at radius 3 is 2.94 bits per heavy atom. The van der Waals surface area contributed by atoms with Crippen molar-refractivity contribution in [3.05, 3.63) is 34.7 Å². The fourth-order valence-corrected chi connectivity index (χ4v) is 1.82. The van der Waals surface area contributed by atoms with E-state index < -0.39 is 5.82 Å². The van der Waals surface area contributed by atoms with E-state index in [0.29, 0.717) is 12.8 Å². The number of halogens is 2. The highest BCUT2D eigenvalue weighted by Crippen LogP contribution is 2.23. The van der Waals surface area contributed by atoms with E-state index in [0.717, 1.165) is 16.6 Å². The van der Waals surface area contributed by atoms with E-state index >= 15 is 0 Å². The summed E-state index contributed by atoms with van der Waals surface area (Å²) in [6.45, 7) is 0. The van der Waals surface area contributed by atoms with Crippen LogP contribution in [0.25, 0.3) is 10.9 Å². The van der Waals surface area contributed by atoms with Gasteiger partial charge in [0.2, 0.25) is 0 Å². The molecule has 90 valence electrons. The zero-order chi connectivity index (χ0) is 12.4. The number of benzene rings is 1. The van der Waals surface area contributed by atoms with E-state index in [9.17, 15) is 9.18 Å². The molecule has 0 aliphatic heterocycles. The van der Waals surface area contributed by atoms with Gasteiger partial charge >= 0.3 is 5.97 Å². The van der Waals surface area contributed by atoms with Crippen LogP contribution in [-0.4, -0.2) is 18.1 Å². The van der Waals surface area contributed by atoms with Gasteiger partial charge in [-0.25, -0.2) is 4.39 Å². The Labute approximate surface area is 103 Å². The van der Waals surface area contributed by atoms with Crippen LogP contribution in [0.2, 0.25) is 5.02 Å². The van der Waals surface area contributed by atoms with Gasteiger partial charge in [0.1, 0.15) is 5.82 Å². The molecule has 17 heavy (non-hydrogen) atoms. The van der Waals surface area contributed by atoms with Crippen molar-refractivity contribution >= 4 is 28.5 Å². The first kappa shape index (κ1) is 11.9. The molecule has 0 amide bonds. The number of hydrogen-bond acceptors (Lipinski definition) is 2. The standard InChI is InChI=1S/C12H11ClFNO2/c1-17-12(16)3-2-8-4-7-5-10(14)9(13)6-11(7)15-8/h4-6,15H,2-3H2,1H3. The zero-order valence-electron chi connectivity index (χ0n) is 9.22. The molecular formula is C12H11ClFNO2. The molecule has 0 unspecified atom stereocenters. The number of ether oxygens (including phenoxy) is 1. The maximum absolute atomic E-state index is 13.2. The van der Waals surface area contributed by atoms with Gasteiger partial charge in [0.25, 0.3) is 0 Å². The van der Waals surface area contributed by atoms with E-state index in [-0.39, 0.29) is 11.0 Å². The molecule has 2 rings (SSSR count). The van der Waals surface area contributed by atoms with Gasteiger partial charge in [-0.2, -0.15) is 0 Å². The molecule has 0 atom stereocenters. The quantitative estimate of drug-likeness (QED) is 0.857. The maximum atomic E-state index is 13.2. The highest BCUT2D eigenvalue weighted by atomic mass is 35.5. The van der Waals surface area contributed by atoms with E-state index in [2.05, 4.69) is 9.72 Å². The van der Waals surface area contributed by atoms with E-state index in [1.165, 1.54) is 19.2 Å². The van der Waals surface area contributed by atoms with Crippen LogP contribution in [0.1, 0.15) is 12.1 Å². The van der Waals surface area contributed by atoms with Gasteiger partial charge in [-0.3, -0.25) is 4.79 Å². The van der Waals surface area contributed by atoms with Gasteiger partial charge in [-0.05, 0) is 24.6 Å². The van der Waals surface area contributed by atoms with Crippen molar-refractivity contribution in [1.82, 2.24) is 4.98 Å². The summed E-state index contributed by atoms with van der Waals surface area (Å²) in [5.74, 6) is -0.717. The third-order valence-electron chi connectivity index (χ3n) is 2.54. The Morgan fingerprint density at radius 1 is 1.47 bits per heavy atom. The fourth-order valence-electron chi connectivity index (χ4n) is 1.66. The molecule has 1 aromatic heterocycles. The molecule has 0 fully saturated rings. The molecule has 0 aliphatic rings. The third kappa shape index (κ3) is 2.58. The first-order valence-corrected chi connectivity index (χ1v) is 5.51. The summed E-state index contributed by atoms with van der Waals surface area (Å²) in [4.78, 5) is 14.1. The average Bonchev–Trinajstić information content (AvgIpc) is 2.68. The molecule has 3 nitrogen and oxygen atoms in total. The second kappa shape index (κ2) is 4.75. The van der Waals surface area contributed by atoms with Crippen molar-refractivity contribution in [3.63, 3.8) is 0 Å². The predicted octanol–water partition coefficient (Wildman–Crippen LogP) is 3.07. The van der Waals surface area contributed by atoms with Crippen molar-refractivity contribution in [2.75, 3.05) is 7.11 Å². The summed E-state index contributed by atoms with van der Waals surface area (Å²) in [6, 6.07) is 4.71. The van der Waals surface area contributed by atoms with Gasteiger partial charge in [-0.15, -0.1) is 0 Å². The van der Waals surface area contributed by atoms with Crippen molar-refractivity contribution in [1.29, 1.82) is 0 Å². The molecule has 0 radical (unpaired) electrons. The van der Waals surface area contributed by atoms with Crippen LogP contribution in [0.3, 0.4) is 0 Å². The number of aryl methyl sites for hydroxylation is 1. The first-order chi connectivity index (χ1) is 8.10. The van der Waals surface area contributed by atoms with Crippen molar-refractivity contribution in [2.45, 2.75) is 12.8 Å². The molecule has 0 spiro atoms. The van der Waals surface area contributed by atoms with Gasteiger partial charge in [0.05, 0.1) is 18.6 Å². The van der Waals surface area contributed by atoms with E-state index in [1.807, 2.05) is 0 Å². The van der Waals surface area contributed by atoms with E-state index in [4.69, 9.17) is 11.6 Å². The smallest absolute Gasteiger partial charge is 0.305 e. The number of esters is 1. The minimum absolute atomic E-state index is 0.0823. The van der Waals surface area contributed by atoms with Crippen molar-refractivity contribution in [2.24, 2.45) is 0 Å². The molecule has 1 heterocycles. The van der Waals surface area contributed by atoms with Crippen LogP contribution in [-0.2, 0) is 16.0 Å². The Morgan fingerprint density at radius 2 is 2.24 bits per heavy atom. The molecule has 0 saturated carbocycles. The van der Waals surface area contributed by atoms with Gasteiger partial charge < -0.3 is 9.72 Å². The summed E-state index contributed by atoms with van der Waals surface area (Å²) in [5.41, 5.74) is 1.61. The van der Waals surface area contributed by atoms with Crippen LogP contribution in [0, 0.1) is 5.82 Å².